The smallest absolute Gasteiger partial charge is 0.379 e. The molecule has 0 saturated carbocycles. The molecule has 1 atom stereocenters. The van der Waals surface area contributed by atoms with Gasteiger partial charge in [0.2, 0.25) is 0 Å². The Labute approximate surface area is 81.8 Å². The molecule has 0 spiro atoms. The Morgan fingerprint density at radius 3 is 2.38 bits per heavy atom. The lowest BCUT2D eigenvalue weighted by atomic mass is 10.2. The van der Waals surface area contributed by atoms with Gasteiger partial charge in [-0.3, -0.25) is 0 Å². The standard InChI is InChI=1S/C7H6ClF3OS/c1-3-2-13-5(4(3)8)6(12)7(9,10)11/h2,6,12H,1H3. The maximum Gasteiger partial charge on any atom is 0.419 e. The van der Waals surface area contributed by atoms with Crippen LogP contribution in [-0.4, -0.2) is 11.3 Å². The molecule has 0 aliphatic heterocycles. The maximum atomic E-state index is 12.0. The zero-order valence-electron chi connectivity index (χ0n) is 6.52. The number of aliphatic hydroxyl groups is 1. The highest BCUT2D eigenvalue weighted by atomic mass is 35.5. The molecule has 1 unspecified atom stereocenters. The first-order chi connectivity index (χ1) is 5.84. The quantitative estimate of drug-likeness (QED) is 0.785. The lowest BCUT2D eigenvalue weighted by Gasteiger charge is -2.12. The first-order valence-electron chi connectivity index (χ1n) is 3.32. The predicted molar refractivity (Wildman–Crippen MR) is 45.1 cm³/mol. The number of aryl methyl sites for hydroxylation is 1. The summed E-state index contributed by atoms with van der Waals surface area (Å²) >= 11 is 6.37. The minimum atomic E-state index is -4.65. The lowest BCUT2D eigenvalue weighted by molar-refractivity contribution is -0.205. The number of thiophene rings is 1. The highest BCUT2D eigenvalue weighted by molar-refractivity contribution is 7.10. The van der Waals surface area contributed by atoms with Gasteiger partial charge in [-0.1, -0.05) is 11.6 Å². The number of halogens is 4. The molecular weight excluding hydrogens is 225 g/mol. The van der Waals surface area contributed by atoms with E-state index in [9.17, 15) is 13.2 Å². The SMILES string of the molecule is Cc1csc(C(O)C(F)(F)F)c1Cl. The van der Waals surface area contributed by atoms with Crippen LogP contribution in [0.1, 0.15) is 16.5 Å². The van der Waals surface area contributed by atoms with Gasteiger partial charge in [0.15, 0.2) is 6.10 Å². The molecule has 0 aliphatic rings. The Bertz CT molecular complexity index is 307. The summed E-state index contributed by atoms with van der Waals surface area (Å²) < 4.78 is 36.1. The minimum Gasteiger partial charge on any atom is -0.379 e. The molecule has 1 rings (SSSR count). The zero-order valence-corrected chi connectivity index (χ0v) is 8.09. The monoisotopic (exact) mass is 230 g/mol. The van der Waals surface area contributed by atoms with Gasteiger partial charge in [-0.2, -0.15) is 13.2 Å². The lowest BCUT2D eigenvalue weighted by Crippen LogP contribution is -2.19. The largest absolute Gasteiger partial charge is 0.419 e. The second kappa shape index (κ2) is 3.48. The first kappa shape index (κ1) is 10.8. The van der Waals surface area contributed by atoms with Crippen molar-refractivity contribution >= 4 is 22.9 Å². The molecule has 13 heavy (non-hydrogen) atoms. The van der Waals surface area contributed by atoms with Crippen molar-refractivity contribution in [3.8, 4) is 0 Å². The summed E-state index contributed by atoms with van der Waals surface area (Å²) in [6.07, 6.45) is -7.13. The number of hydrogen-bond donors (Lipinski definition) is 1. The summed E-state index contributed by atoms with van der Waals surface area (Å²) in [4.78, 5) is -0.244. The number of alkyl halides is 3. The number of aliphatic hydroxyl groups excluding tert-OH is 1. The van der Waals surface area contributed by atoms with E-state index in [4.69, 9.17) is 16.7 Å². The Morgan fingerprint density at radius 1 is 1.54 bits per heavy atom. The summed E-state index contributed by atoms with van der Waals surface area (Å²) in [6, 6.07) is 0. The van der Waals surface area contributed by atoms with Gasteiger partial charge in [0.05, 0.1) is 9.90 Å². The van der Waals surface area contributed by atoms with Crippen LogP contribution in [0, 0.1) is 6.92 Å². The Hall–Kier alpha value is -0.260. The Balaban J connectivity index is 3.02. The van der Waals surface area contributed by atoms with Crippen LogP contribution in [0.3, 0.4) is 0 Å². The Morgan fingerprint density at radius 2 is 2.08 bits per heavy atom. The summed E-state index contributed by atoms with van der Waals surface area (Å²) in [6.45, 7) is 1.59. The van der Waals surface area contributed by atoms with Crippen molar-refractivity contribution in [1.82, 2.24) is 0 Å². The van der Waals surface area contributed by atoms with E-state index in [2.05, 4.69) is 0 Å². The Kier molecular flexibility index (Phi) is 2.89. The minimum absolute atomic E-state index is 0.00479. The van der Waals surface area contributed by atoms with Crippen molar-refractivity contribution in [3.63, 3.8) is 0 Å². The van der Waals surface area contributed by atoms with Gasteiger partial charge in [0, 0.05) is 0 Å². The summed E-state index contributed by atoms with van der Waals surface area (Å²) in [7, 11) is 0. The van der Waals surface area contributed by atoms with Crippen LogP contribution in [0.2, 0.25) is 5.02 Å². The molecule has 1 N–H and O–H groups in total. The third-order valence-electron chi connectivity index (χ3n) is 1.48. The van der Waals surface area contributed by atoms with Crippen LogP contribution in [0.15, 0.2) is 5.38 Å². The fourth-order valence-corrected chi connectivity index (χ4v) is 2.09. The van der Waals surface area contributed by atoms with Crippen molar-refractivity contribution in [3.05, 3.63) is 20.8 Å². The van der Waals surface area contributed by atoms with E-state index in [1.165, 1.54) is 5.38 Å². The van der Waals surface area contributed by atoms with Gasteiger partial charge in [-0.05, 0) is 17.9 Å². The molecule has 1 aromatic rings. The van der Waals surface area contributed by atoms with Gasteiger partial charge < -0.3 is 5.11 Å². The molecule has 0 radical (unpaired) electrons. The van der Waals surface area contributed by atoms with E-state index in [0.717, 1.165) is 11.3 Å². The van der Waals surface area contributed by atoms with Crippen LogP contribution in [0.4, 0.5) is 13.2 Å². The van der Waals surface area contributed by atoms with Crippen molar-refractivity contribution in [2.75, 3.05) is 0 Å². The van der Waals surface area contributed by atoms with E-state index < -0.39 is 12.3 Å². The van der Waals surface area contributed by atoms with Gasteiger partial charge in [-0.25, -0.2) is 0 Å². The third kappa shape index (κ3) is 2.15. The molecule has 1 aromatic heterocycles. The molecule has 0 fully saturated rings. The highest BCUT2D eigenvalue weighted by Gasteiger charge is 2.41. The van der Waals surface area contributed by atoms with Gasteiger partial charge >= 0.3 is 6.18 Å². The van der Waals surface area contributed by atoms with Gasteiger partial charge in [-0.15, -0.1) is 11.3 Å². The molecule has 0 amide bonds. The van der Waals surface area contributed by atoms with Crippen molar-refractivity contribution in [1.29, 1.82) is 0 Å². The van der Waals surface area contributed by atoms with Crippen LogP contribution in [0.5, 0.6) is 0 Å². The second-order valence-electron chi connectivity index (χ2n) is 2.54. The van der Waals surface area contributed by atoms with Gasteiger partial charge in [0.25, 0.3) is 0 Å². The highest BCUT2D eigenvalue weighted by Crippen LogP contribution is 2.40. The average Bonchev–Trinajstić information content (AvgIpc) is 2.30. The van der Waals surface area contributed by atoms with Gasteiger partial charge in [0.1, 0.15) is 0 Å². The second-order valence-corrected chi connectivity index (χ2v) is 3.83. The fraction of sp³-hybridized carbons (Fsp3) is 0.429. The van der Waals surface area contributed by atoms with Crippen LogP contribution < -0.4 is 0 Å². The molecule has 74 valence electrons. The van der Waals surface area contributed by atoms with E-state index in [1.54, 1.807) is 6.92 Å². The van der Waals surface area contributed by atoms with E-state index in [-0.39, 0.29) is 9.90 Å². The van der Waals surface area contributed by atoms with Crippen molar-refractivity contribution in [2.45, 2.75) is 19.2 Å². The summed E-state index contributed by atoms with van der Waals surface area (Å²) in [5.41, 5.74) is 0.546. The molecular formula is C7H6ClF3OS. The molecule has 0 aromatic carbocycles. The summed E-state index contributed by atoms with van der Waals surface area (Å²) in [5.74, 6) is 0. The topological polar surface area (TPSA) is 20.2 Å². The molecule has 6 heteroatoms. The van der Waals surface area contributed by atoms with Crippen LogP contribution >= 0.6 is 22.9 Å². The zero-order chi connectivity index (χ0) is 10.2. The predicted octanol–water partition coefficient (Wildman–Crippen LogP) is 3.31. The number of rotatable bonds is 1. The van der Waals surface area contributed by atoms with Crippen molar-refractivity contribution < 1.29 is 18.3 Å². The van der Waals surface area contributed by atoms with Crippen LogP contribution in [-0.2, 0) is 0 Å². The number of hydrogen-bond acceptors (Lipinski definition) is 2. The molecule has 0 bridgehead atoms. The average molecular weight is 231 g/mol. The van der Waals surface area contributed by atoms with Crippen molar-refractivity contribution in [2.24, 2.45) is 0 Å². The fourth-order valence-electron chi connectivity index (χ4n) is 0.783. The molecule has 0 aliphatic carbocycles. The van der Waals surface area contributed by atoms with E-state index in [0.29, 0.717) is 5.56 Å². The molecule has 1 heterocycles. The molecule has 1 nitrogen and oxygen atoms in total. The molecule has 0 saturated heterocycles. The third-order valence-corrected chi connectivity index (χ3v) is 3.25. The van der Waals surface area contributed by atoms with Crippen LogP contribution in [0.25, 0.3) is 0 Å². The normalized spacial score (nSPS) is 14.6. The summed E-state index contributed by atoms with van der Waals surface area (Å²) in [5, 5.41) is 10.3. The van der Waals surface area contributed by atoms with E-state index >= 15 is 0 Å². The van der Waals surface area contributed by atoms with E-state index in [1.807, 2.05) is 0 Å². The first-order valence-corrected chi connectivity index (χ1v) is 4.58. The maximum absolute atomic E-state index is 12.0.